The molecule has 60 valence electrons. The van der Waals surface area contributed by atoms with E-state index in [-0.39, 0.29) is 5.97 Å². The fourth-order valence-corrected chi connectivity index (χ4v) is 1.06. The second kappa shape index (κ2) is 3.37. The molecule has 0 aromatic heterocycles. The maximum Gasteiger partial charge on any atom is 0.338 e. The summed E-state index contributed by atoms with van der Waals surface area (Å²) < 4.78 is 4.99. The molecule has 1 aliphatic heterocycles. The van der Waals surface area contributed by atoms with Gasteiger partial charge in [0.05, 0.1) is 0 Å². The van der Waals surface area contributed by atoms with Crippen LogP contribution in [0, 0.1) is 0 Å². The van der Waals surface area contributed by atoms with E-state index in [1.165, 1.54) is 0 Å². The fraction of sp³-hybridized carbons (Fsp3) is 0.444. The zero-order valence-corrected chi connectivity index (χ0v) is 6.89. The summed E-state index contributed by atoms with van der Waals surface area (Å²) in [6.45, 7) is 3.74. The minimum absolute atomic E-state index is 0.188. The van der Waals surface area contributed by atoms with Crippen LogP contribution in [0.4, 0.5) is 0 Å². The summed E-state index contributed by atoms with van der Waals surface area (Å²) >= 11 is 0. The monoisotopic (exact) mass is 152 g/mol. The Labute approximate surface area is 66.5 Å². The van der Waals surface area contributed by atoms with Crippen LogP contribution >= 0.6 is 0 Å². The third-order valence-corrected chi connectivity index (χ3v) is 1.80. The van der Waals surface area contributed by atoms with E-state index < -0.39 is 0 Å². The van der Waals surface area contributed by atoms with Gasteiger partial charge in [-0.2, -0.15) is 0 Å². The van der Waals surface area contributed by atoms with Crippen molar-refractivity contribution in [1.82, 2.24) is 0 Å². The van der Waals surface area contributed by atoms with Crippen molar-refractivity contribution < 1.29 is 9.53 Å². The maximum atomic E-state index is 11.1. The van der Waals surface area contributed by atoms with Gasteiger partial charge >= 0.3 is 5.97 Å². The van der Waals surface area contributed by atoms with E-state index in [9.17, 15) is 4.79 Å². The topological polar surface area (TPSA) is 26.3 Å². The SMILES string of the molecule is C/C=C1/CC/C(=C\C)C(=O)O1. The molecule has 0 unspecified atom stereocenters. The maximum absolute atomic E-state index is 11.1. The van der Waals surface area contributed by atoms with E-state index >= 15 is 0 Å². The third kappa shape index (κ3) is 1.70. The Hall–Kier alpha value is -1.05. The lowest BCUT2D eigenvalue weighted by Gasteiger charge is -2.15. The number of cyclic esters (lactones) is 1. The summed E-state index contributed by atoms with van der Waals surface area (Å²) in [4.78, 5) is 11.1. The first-order valence-electron chi connectivity index (χ1n) is 3.80. The first kappa shape index (κ1) is 8.05. The third-order valence-electron chi connectivity index (χ3n) is 1.80. The highest BCUT2D eigenvalue weighted by molar-refractivity contribution is 5.89. The molecule has 11 heavy (non-hydrogen) atoms. The van der Waals surface area contributed by atoms with E-state index in [1.807, 2.05) is 26.0 Å². The van der Waals surface area contributed by atoms with Crippen molar-refractivity contribution in [1.29, 1.82) is 0 Å². The predicted molar refractivity (Wildman–Crippen MR) is 42.8 cm³/mol. The van der Waals surface area contributed by atoms with Gasteiger partial charge in [0.2, 0.25) is 0 Å². The van der Waals surface area contributed by atoms with Crippen LogP contribution in [0.25, 0.3) is 0 Å². The zero-order chi connectivity index (χ0) is 8.27. The first-order valence-corrected chi connectivity index (χ1v) is 3.80. The molecular weight excluding hydrogens is 140 g/mol. The van der Waals surface area contributed by atoms with Crippen molar-refractivity contribution >= 4 is 5.97 Å². The van der Waals surface area contributed by atoms with Crippen molar-refractivity contribution in [2.75, 3.05) is 0 Å². The Morgan fingerprint density at radius 1 is 1.27 bits per heavy atom. The van der Waals surface area contributed by atoms with Gasteiger partial charge in [0.15, 0.2) is 0 Å². The quantitative estimate of drug-likeness (QED) is 0.393. The largest absolute Gasteiger partial charge is 0.428 e. The minimum Gasteiger partial charge on any atom is -0.428 e. The molecule has 1 aliphatic rings. The van der Waals surface area contributed by atoms with Crippen molar-refractivity contribution in [3.05, 3.63) is 23.5 Å². The molecule has 0 radical (unpaired) electrons. The molecule has 0 amide bonds. The number of rotatable bonds is 0. The Morgan fingerprint density at radius 3 is 2.45 bits per heavy atom. The molecule has 0 saturated carbocycles. The van der Waals surface area contributed by atoms with Crippen molar-refractivity contribution in [2.45, 2.75) is 26.7 Å². The first-order chi connectivity index (χ1) is 5.27. The van der Waals surface area contributed by atoms with Gasteiger partial charge in [-0.25, -0.2) is 4.79 Å². The zero-order valence-electron chi connectivity index (χ0n) is 6.89. The average Bonchev–Trinajstić information content (AvgIpc) is 2.04. The minimum atomic E-state index is -0.188. The van der Waals surface area contributed by atoms with E-state index in [2.05, 4.69) is 0 Å². The highest BCUT2D eigenvalue weighted by atomic mass is 16.5. The molecule has 2 nitrogen and oxygen atoms in total. The van der Waals surface area contributed by atoms with Gasteiger partial charge in [0, 0.05) is 12.0 Å². The summed E-state index contributed by atoms with van der Waals surface area (Å²) in [5.74, 6) is 0.604. The molecule has 0 bridgehead atoms. The van der Waals surface area contributed by atoms with Crippen LogP contribution in [0.5, 0.6) is 0 Å². The molecule has 1 heterocycles. The van der Waals surface area contributed by atoms with Gasteiger partial charge in [0.25, 0.3) is 0 Å². The second-order valence-electron chi connectivity index (χ2n) is 2.46. The van der Waals surface area contributed by atoms with Crippen molar-refractivity contribution in [3.8, 4) is 0 Å². The Kier molecular flexibility index (Phi) is 2.47. The molecule has 0 aromatic rings. The fourth-order valence-electron chi connectivity index (χ4n) is 1.06. The van der Waals surface area contributed by atoms with Crippen molar-refractivity contribution in [3.63, 3.8) is 0 Å². The molecule has 1 fully saturated rings. The predicted octanol–water partition coefficient (Wildman–Crippen LogP) is 2.17. The Morgan fingerprint density at radius 2 is 2.00 bits per heavy atom. The van der Waals surface area contributed by atoms with E-state index in [1.54, 1.807) is 0 Å². The second-order valence-corrected chi connectivity index (χ2v) is 2.46. The number of hydrogen-bond donors (Lipinski definition) is 0. The molecule has 1 rings (SSSR count). The lowest BCUT2D eigenvalue weighted by atomic mass is 10.1. The van der Waals surface area contributed by atoms with Crippen molar-refractivity contribution in [2.24, 2.45) is 0 Å². The van der Waals surface area contributed by atoms with Crippen LogP contribution in [0.15, 0.2) is 23.5 Å². The summed E-state index contributed by atoms with van der Waals surface area (Å²) in [7, 11) is 0. The Bertz CT molecular complexity index is 224. The van der Waals surface area contributed by atoms with Gasteiger partial charge < -0.3 is 4.74 Å². The van der Waals surface area contributed by atoms with E-state index in [0.717, 1.165) is 24.2 Å². The van der Waals surface area contributed by atoms with Gasteiger partial charge in [0.1, 0.15) is 5.76 Å². The highest BCUT2D eigenvalue weighted by Gasteiger charge is 2.18. The summed E-state index contributed by atoms with van der Waals surface area (Å²) in [5, 5.41) is 0. The van der Waals surface area contributed by atoms with Crippen LogP contribution in [-0.2, 0) is 9.53 Å². The molecule has 0 spiro atoms. The van der Waals surface area contributed by atoms with E-state index in [0.29, 0.717) is 0 Å². The number of carbonyl (C=O) groups excluding carboxylic acids is 1. The number of ether oxygens (including phenoxy) is 1. The molecule has 0 atom stereocenters. The number of esters is 1. The average molecular weight is 152 g/mol. The number of allylic oxidation sites excluding steroid dienone is 3. The highest BCUT2D eigenvalue weighted by Crippen LogP contribution is 2.21. The van der Waals surface area contributed by atoms with Crippen LogP contribution in [0.1, 0.15) is 26.7 Å². The summed E-state index contributed by atoms with van der Waals surface area (Å²) in [6.07, 6.45) is 5.32. The standard InChI is InChI=1S/C9H12O2/c1-3-7-5-6-8(4-2)11-9(7)10/h3-4H,5-6H2,1-2H3/b7-3+,8-4-. The Balaban J connectivity index is 2.70. The van der Waals surface area contributed by atoms with Gasteiger partial charge in [-0.15, -0.1) is 0 Å². The lowest BCUT2D eigenvalue weighted by Crippen LogP contribution is -2.13. The molecule has 0 aromatic carbocycles. The molecule has 0 N–H and O–H groups in total. The molecule has 0 aliphatic carbocycles. The number of hydrogen-bond acceptors (Lipinski definition) is 2. The normalized spacial score (nSPS) is 25.8. The molecule has 2 heteroatoms. The number of carbonyl (C=O) groups is 1. The molecular formula is C9H12O2. The van der Waals surface area contributed by atoms with Gasteiger partial charge in [-0.1, -0.05) is 6.08 Å². The van der Waals surface area contributed by atoms with Crippen LogP contribution in [0.2, 0.25) is 0 Å². The summed E-state index contributed by atoms with van der Waals surface area (Å²) in [5.41, 5.74) is 0.788. The van der Waals surface area contributed by atoms with Crippen LogP contribution in [-0.4, -0.2) is 5.97 Å². The van der Waals surface area contributed by atoms with Crippen LogP contribution < -0.4 is 0 Å². The van der Waals surface area contributed by atoms with Gasteiger partial charge in [-0.05, 0) is 26.3 Å². The van der Waals surface area contributed by atoms with Gasteiger partial charge in [-0.3, -0.25) is 0 Å². The smallest absolute Gasteiger partial charge is 0.338 e. The molecule has 1 saturated heterocycles. The summed E-state index contributed by atoms with van der Waals surface area (Å²) in [6, 6.07) is 0. The van der Waals surface area contributed by atoms with Crippen LogP contribution in [0.3, 0.4) is 0 Å². The van der Waals surface area contributed by atoms with E-state index in [4.69, 9.17) is 4.74 Å². The lowest BCUT2D eigenvalue weighted by molar-refractivity contribution is -0.136.